The number of benzene rings is 2. The fourth-order valence-corrected chi connectivity index (χ4v) is 2.44. The quantitative estimate of drug-likeness (QED) is 0.791. The molecular formula is C21H28N2O2. The molecule has 0 spiro atoms. The molecule has 0 heterocycles. The molecular weight excluding hydrogens is 312 g/mol. The van der Waals surface area contributed by atoms with E-state index in [0.29, 0.717) is 25.5 Å². The van der Waals surface area contributed by atoms with Gasteiger partial charge in [0.2, 0.25) is 5.91 Å². The zero-order valence-electron chi connectivity index (χ0n) is 15.6. The number of anilines is 1. The first-order valence-corrected chi connectivity index (χ1v) is 8.71. The lowest BCUT2D eigenvalue weighted by Crippen LogP contribution is -2.24. The highest BCUT2D eigenvalue weighted by atomic mass is 16.5. The van der Waals surface area contributed by atoms with E-state index in [4.69, 9.17) is 4.74 Å². The summed E-state index contributed by atoms with van der Waals surface area (Å²) in [6.07, 6.45) is 0.347. The summed E-state index contributed by atoms with van der Waals surface area (Å²) >= 11 is 0. The zero-order valence-corrected chi connectivity index (χ0v) is 15.6. The van der Waals surface area contributed by atoms with E-state index < -0.39 is 0 Å². The van der Waals surface area contributed by atoms with Crippen molar-refractivity contribution >= 4 is 11.6 Å². The molecule has 0 aliphatic carbocycles. The number of nitrogens with one attached hydrogen (secondary N) is 1. The van der Waals surface area contributed by atoms with Gasteiger partial charge in [-0.25, -0.2) is 0 Å². The summed E-state index contributed by atoms with van der Waals surface area (Å²) in [6.45, 7) is 5.23. The van der Waals surface area contributed by atoms with E-state index in [1.807, 2.05) is 49.3 Å². The molecule has 25 heavy (non-hydrogen) atoms. The van der Waals surface area contributed by atoms with Crippen LogP contribution in [-0.2, 0) is 11.3 Å². The summed E-state index contributed by atoms with van der Waals surface area (Å²) in [6, 6.07) is 16.2. The second-order valence-electron chi connectivity index (χ2n) is 6.66. The molecule has 0 saturated carbocycles. The molecule has 0 bridgehead atoms. The Hall–Kier alpha value is -2.49. The maximum Gasteiger partial charge on any atom is 0.223 e. The number of amides is 1. The number of hydrogen-bond acceptors (Lipinski definition) is 3. The van der Waals surface area contributed by atoms with Gasteiger partial charge in [-0.3, -0.25) is 4.79 Å². The predicted molar refractivity (Wildman–Crippen MR) is 103 cm³/mol. The Morgan fingerprint density at radius 1 is 1.12 bits per heavy atom. The van der Waals surface area contributed by atoms with Gasteiger partial charge in [-0.2, -0.15) is 0 Å². The van der Waals surface area contributed by atoms with Crippen LogP contribution in [0.15, 0.2) is 48.5 Å². The first-order valence-electron chi connectivity index (χ1n) is 8.71. The van der Waals surface area contributed by atoms with Crippen molar-refractivity contribution < 1.29 is 9.53 Å². The molecule has 2 aromatic carbocycles. The standard InChI is InChI=1S/C21H28N2O2/c1-16(2)18-8-10-20(11-9-18)25-13-12-21(24)22-15-17-6-5-7-19(14-17)23(3)4/h5-11,14,16H,12-13,15H2,1-4H3,(H,22,24). The normalized spacial score (nSPS) is 10.6. The number of carbonyl (C=O) groups excluding carboxylic acids is 1. The van der Waals surface area contributed by atoms with E-state index >= 15 is 0 Å². The second-order valence-corrected chi connectivity index (χ2v) is 6.66. The van der Waals surface area contributed by atoms with Gasteiger partial charge in [-0.15, -0.1) is 0 Å². The molecule has 0 aromatic heterocycles. The van der Waals surface area contributed by atoms with E-state index in [9.17, 15) is 4.79 Å². The first kappa shape index (κ1) is 18.8. The molecule has 2 aromatic rings. The maximum atomic E-state index is 12.0. The minimum atomic E-state index is -0.00550. The summed E-state index contributed by atoms with van der Waals surface area (Å²) in [5.74, 6) is 1.30. The Morgan fingerprint density at radius 2 is 1.84 bits per heavy atom. The predicted octanol–water partition coefficient (Wildman–Crippen LogP) is 3.96. The zero-order chi connectivity index (χ0) is 18.2. The van der Waals surface area contributed by atoms with Crippen molar-refractivity contribution in [1.29, 1.82) is 0 Å². The Kier molecular flexibility index (Phi) is 6.87. The SMILES string of the molecule is CC(C)c1ccc(OCCC(=O)NCc2cccc(N(C)C)c2)cc1. The number of nitrogens with zero attached hydrogens (tertiary/aromatic N) is 1. The average Bonchev–Trinajstić information content (AvgIpc) is 2.60. The van der Waals surface area contributed by atoms with Crippen LogP contribution < -0.4 is 15.0 Å². The Bertz CT molecular complexity index is 679. The third kappa shape index (κ3) is 6.14. The lowest BCUT2D eigenvalue weighted by molar-refractivity contribution is -0.121. The van der Waals surface area contributed by atoms with Crippen molar-refractivity contribution in [3.63, 3.8) is 0 Å². The van der Waals surface area contributed by atoms with E-state index in [1.165, 1.54) is 5.56 Å². The monoisotopic (exact) mass is 340 g/mol. The van der Waals surface area contributed by atoms with Gasteiger partial charge >= 0.3 is 0 Å². The highest BCUT2D eigenvalue weighted by molar-refractivity contribution is 5.76. The van der Waals surface area contributed by atoms with Crippen LogP contribution in [0.25, 0.3) is 0 Å². The molecule has 0 radical (unpaired) electrons. The van der Waals surface area contributed by atoms with Crippen LogP contribution in [0.5, 0.6) is 5.75 Å². The number of carbonyl (C=O) groups is 1. The third-order valence-corrected chi connectivity index (χ3v) is 4.06. The van der Waals surface area contributed by atoms with Crippen LogP contribution in [0.4, 0.5) is 5.69 Å². The average molecular weight is 340 g/mol. The lowest BCUT2D eigenvalue weighted by atomic mass is 10.0. The molecule has 0 saturated heterocycles. The van der Waals surface area contributed by atoms with Crippen LogP contribution >= 0.6 is 0 Å². The van der Waals surface area contributed by atoms with Gasteiger partial charge in [0.15, 0.2) is 0 Å². The minimum absolute atomic E-state index is 0.00550. The van der Waals surface area contributed by atoms with Crippen molar-refractivity contribution in [1.82, 2.24) is 5.32 Å². The van der Waals surface area contributed by atoms with Crippen LogP contribution in [0.3, 0.4) is 0 Å². The molecule has 0 unspecified atom stereocenters. The van der Waals surface area contributed by atoms with Crippen molar-refractivity contribution in [2.45, 2.75) is 32.7 Å². The van der Waals surface area contributed by atoms with Gasteiger partial charge in [-0.1, -0.05) is 38.1 Å². The first-order chi connectivity index (χ1) is 12.0. The van der Waals surface area contributed by atoms with Crippen LogP contribution in [0, 0.1) is 0 Å². The highest BCUT2D eigenvalue weighted by Crippen LogP contribution is 2.18. The number of ether oxygens (including phenoxy) is 1. The smallest absolute Gasteiger partial charge is 0.223 e. The van der Waals surface area contributed by atoms with E-state index in [-0.39, 0.29) is 5.91 Å². The molecule has 0 aliphatic heterocycles. The molecule has 0 atom stereocenters. The summed E-state index contributed by atoms with van der Waals surface area (Å²) in [7, 11) is 4.01. The Labute approximate surface area is 150 Å². The van der Waals surface area contributed by atoms with Gasteiger partial charge in [0.1, 0.15) is 5.75 Å². The minimum Gasteiger partial charge on any atom is -0.493 e. The summed E-state index contributed by atoms with van der Waals surface area (Å²) in [5, 5.41) is 2.94. The molecule has 4 heteroatoms. The van der Waals surface area contributed by atoms with Gasteiger partial charge in [0.05, 0.1) is 13.0 Å². The topological polar surface area (TPSA) is 41.6 Å². The summed E-state index contributed by atoms with van der Waals surface area (Å²) in [5.41, 5.74) is 3.50. The van der Waals surface area contributed by atoms with Crippen molar-refractivity contribution in [2.75, 3.05) is 25.6 Å². The Morgan fingerprint density at radius 3 is 2.48 bits per heavy atom. The van der Waals surface area contributed by atoms with Gasteiger partial charge in [0.25, 0.3) is 0 Å². The molecule has 1 N–H and O–H groups in total. The van der Waals surface area contributed by atoms with Crippen LogP contribution in [-0.4, -0.2) is 26.6 Å². The molecule has 4 nitrogen and oxygen atoms in total. The number of rotatable bonds is 8. The van der Waals surface area contributed by atoms with Gasteiger partial charge < -0.3 is 15.0 Å². The van der Waals surface area contributed by atoms with E-state index in [2.05, 4.69) is 37.4 Å². The maximum absolute atomic E-state index is 12.0. The van der Waals surface area contributed by atoms with E-state index in [1.54, 1.807) is 0 Å². The molecule has 2 rings (SSSR count). The summed E-state index contributed by atoms with van der Waals surface area (Å²) in [4.78, 5) is 14.0. The van der Waals surface area contributed by atoms with Crippen molar-refractivity contribution in [3.8, 4) is 5.75 Å². The number of hydrogen-bond donors (Lipinski definition) is 1. The van der Waals surface area contributed by atoms with Crippen LogP contribution in [0.1, 0.15) is 37.3 Å². The lowest BCUT2D eigenvalue weighted by Gasteiger charge is -2.14. The Balaban J connectivity index is 1.73. The molecule has 1 amide bonds. The van der Waals surface area contributed by atoms with Gasteiger partial charge in [-0.05, 0) is 41.3 Å². The third-order valence-electron chi connectivity index (χ3n) is 4.06. The molecule has 0 aliphatic rings. The van der Waals surface area contributed by atoms with Crippen LogP contribution in [0.2, 0.25) is 0 Å². The summed E-state index contributed by atoms with van der Waals surface area (Å²) < 4.78 is 5.65. The molecule has 134 valence electrons. The van der Waals surface area contributed by atoms with Crippen molar-refractivity contribution in [3.05, 3.63) is 59.7 Å². The molecule has 0 fully saturated rings. The highest BCUT2D eigenvalue weighted by Gasteiger charge is 2.04. The fourth-order valence-electron chi connectivity index (χ4n) is 2.44. The fraction of sp³-hybridized carbons (Fsp3) is 0.381. The largest absolute Gasteiger partial charge is 0.493 e. The van der Waals surface area contributed by atoms with Crippen molar-refractivity contribution in [2.24, 2.45) is 0 Å². The van der Waals surface area contributed by atoms with Gasteiger partial charge in [0, 0.05) is 26.3 Å². The van der Waals surface area contributed by atoms with E-state index in [0.717, 1.165) is 17.0 Å². The second kappa shape index (κ2) is 9.11.